The Morgan fingerprint density at radius 1 is 1.50 bits per heavy atom. The minimum Gasteiger partial charge on any atom is -0.377 e. The first-order chi connectivity index (χ1) is 10.5. The first-order valence-corrected chi connectivity index (χ1v) is 7.67. The molecular formula is C14H14N4O3S. The van der Waals surface area contributed by atoms with E-state index in [9.17, 15) is 14.9 Å². The summed E-state index contributed by atoms with van der Waals surface area (Å²) in [6, 6.07) is 4.73. The number of aryl methyl sites for hydroxylation is 1. The van der Waals surface area contributed by atoms with E-state index < -0.39 is 10.8 Å². The molecule has 1 aliphatic rings. The van der Waals surface area contributed by atoms with Crippen LogP contribution in [0.25, 0.3) is 0 Å². The van der Waals surface area contributed by atoms with Gasteiger partial charge in [-0.1, -0.05) is 0 Å². The van der Waals surface area contributed by atoms with E-state index in [0.717, 1.165) is 12.8 Å². The number of nitrogens with zero attached hydrogens (tertiary/aromatic N) is 3. The van der Waals surface area contributed by atoms with Crippen LogP contribution in [-0.4, -0.2) is 21.4 Å². The quantitative estimate of drug-likeness (QED) is 0.692. The molecule has 22 heavy (non-hydrogen) atoms. The maximum atomic E-state index is 12.2. The van der Waals surface area contributed by atoms with E-state index in [1.807, 2.05) is 5.38 Å². The van der Waals surface area contributed by atoms with E-state index in [1.54, 1.807) is 29.9 Å². The molecule has 8 heteroatoms. The number of nitrogens with one attached hydrogen (secondary N) is 1. The van der Waals surface area contributed by atoms with Crippen molar-refractivity contribution in [2.75, 3.05) is 5.32 Å². The fourth-order valence-corrected chi connectivity index (χ4v) is 2.70. The van der Waals surface area contributed by atoms with Crippen LogP contribution in [0.5, 0.6) is 0 Å². The first kappa shape index (κ1) is 14.5. The van der Waals surface area contributed by atoms with Crippen LogP contribution in [0.3, 0.4) is 0 Å². The van der Waals surface area contributed by atoms with E-state index in [2.05, 4.69) is 10.3 Å². The second-order valence-corrected chi connectivity index (χ2v) is 5.99. The Morgan fingerprint density at radius 3 is 2.86 bits per heavy atom. The van der Waals surface area contributed by atoms with Crippen LogP contribution >= 0.6 is 11.3 Å². The Labute approximate surface area is 130 Å². The van der Waals surface area contributed by atoms with Gasteiger partial charge in [-0.25, -0.2) is 0 Å². The highest BCUT2D eigenvalue weighted by molar-refractivity contribution is 7.07. The van der Waals surface area contributed by atoms with Gasteiger partial charge in [0.1, 0.15) is 5.69 Å². The van der Waals surface area contributed by atoms with Crippen molar-refractivity contribution in [2.45, 2.75) is 18.9 Å². The Kier molecular flexibility index (Phi) is 3.76. The standard InChI is InChI=1S/C14H14N4O3S/c1-17-6-7-22-14(17)16-13(19)9-2-5-11(15-10-3-4-10)12(8-9)18(20)21/h2,5-8,10,15H,3-4H2,1H3. The SMILES string of the molecule is Cn1ccsc1=NC(=O)c1ccc(NC2CC2)c([N+](=O)[O-])c1. The molecule has 1 aliphatic carbocycles. The minimum absolute atomic E-state index is 0.0940. The number of hydrogen-bond acceptors (Lipinski definition) is 5. The van der Waals surface area contributed by atoms with E-state index in [0.29, 0.717) is 16.5 Å². The molecule has 1 fully saturated rings. The minimum atomic E-state index is -0.487. The zero-order chi connectivity index (χ0) is 15.7. The van der Waals surface area contributed by atoms with Gasteiger partial charge < -0.3 is 9.88 Å². The fraction of sp³-hybridized carbons (Fsp3) is 0.286. The summed E-state index contributed by atoms with van der Waals surface area (Å²) in [5.41, 5.74) is 0.565. The summed E-state index contributed by atoms with van der Waals surface area (Å²) in [4.78, 5) is 27.4. The van der Waals surface area contributed by atoms with E-state index in [4.69, 9.17) is 0 Å². The molecule has 114 valence electrons. The van der Waals surface area contributed by atoms with Crippen molar-refractivity contribution in [1.82, 2.24) is 4.57 Å². The molecule has 0 unspecified atom stereocenters. The van der Waals surface area contributed by atoms with Crippen molar-refractivity contribution in [2.24, 2.45) is 12.0 Å². The number of anilines is 1. The molecule has 0 saturated heterocycles. The number of hydrogen-bond donors (Lipinski definition) is 1. The fourth-order valence-electron chi connectivity index (χ4n) is 1.97. The van der Waals surface area contributed by atoms with Crippen LogP contribution in [0, 0.1) is 10.1 Å². The number of thiazole rings is 1. The van der Waals surface area contributed by atoms with Gasteiger partial charge in [0.15, 0.2) is 4.80 Å². The molecule has 1 saturated carbocycles. The number of aromatic nitrogens is 1. The highest BCUT2D eigenvalue weighted by atomic mass is 32.1. The van der Waals surface area contributed by atoms with E-state index in [1.165, 1.54) is 17.4 Å². The molecule has 2 aromatic rings. The van der Waals surface area contributed by atoms with E-state index in [-0.39, 0.29) is 11.3 Å². The van der Waals surface area contributed by atoms with Crippen molar-refractivity contribution >= 4 is 28.6 Å². The van der Waals surface area contributed by atoms with Crippen LogP contribution in [0.4, 0.5) is 11.4 Å². The second kappa shape index (κ2) is 5.72. The number of nitro groups is 1. The molecule has 1 aromatic heterocycles. The predicted octanol–water partition coefficient (Wildman–Crippen LogP) is 2.31. The molecule has 1 N–H and O–H groups in total. The number of carbonyl (C=O) groups excluding carboxylic acids is 1. The average molecular weight is 318 g/mol. The molecule has 0 radical (unpaired) electrons. The Morgan fingerprint density at radius 2 is 2.27 bits per heavy atom. The number of benzene rings is 1. The maximum absolute atomic E-state index is 12.2. The number of nitro benzene ring substituents is 1. The summed E-state index contributed by atoms with van der Waals surface area (Å²) in [7, 11) is 1.79. The lowest BCUT2D eigenvalue weighted by atomic mass is 10.1. The monoisotopic (exact) mass is 318 g/mol. The first-order valence-electron chi connectivity index (χ1n) is 6.79. The Balaban J connectivity index is 1.94. The topological polar surface area (TPSA) is 89.5 Å². The zero-order valence-corrected chi connectivity index (χ0v) is 12.7. The Bertz CT molecular complexity index is 804. The molecule has 0 aliphatic heterocycles. The lowest BCUT2D eigenvalue weighted by molar-refractivity contribution is -0.384. The van der Waals surface area contributed by atoms with Crippen LogP contribution in [-0.2, 0) is 7.05 Å². The molecule has 1 aromatic carbocycles. The second-order valence-electron chi connectivity index (χ2n) is 5.12. The summed E-state index contributed by atoms with van der Waals surface area (Å²) in [6.07, 6.45) is 3.83. The van der Waals surface area contributed by atoms with Crippen LogP contribution in [0.2, 0.25) is 0 Å². The van der Waals surface area contributed by atoms with Gasteiger partial charge in [-0.2, -0.15) is 4.99 Å². The van der Waals surface area contributed by atoms with Gasteiger partial charge in [-0.15, -0.1) is 11.3 Å². The lowest BCUT2D eigenvalue weighted by Gasteiger charge is -2.06. The number of rotatable bonds is 4. The van der Waals surface area contributed by atoms with Crippen molar-refractivity contribution in [1.29, 1.82) is 0 Å². The van der Waals surface area contributed by atoms with Gasteiger partial charge >= 0.3 is 0 Å². The third kappa shape index (κ3) is 3.06. The van der Waals surface area contributed by atoms with Gasteiger partial charge in [0.25, 0.3) is 11.6 Å². The van der Waals surface area contributed by atoms with Crippen molar-refractivity contribution < 1.29 is 9.72 Å². The van der Waals surface area contributed by atoms with Gasteiger partial charge in [0.05, 0.1) is 4.92 Å². The van der Waals surface area contributed by atoms with Crippen LogP contribution < -0.4 is 10.1 Å². The van der Waals surface area contributed by atoms with Crippen molar-refractivity contribution in [3.8, 4) is 0 Å². The summed E-state index contributed by atoms with van der Waals surface area (Å²) in [5, 5.41) is 16.1. The van der Waals surface area contributed by atoms with E-state index >= 15 is 0 Å². The summed E-state index contributed by atoms with van der Waals surface area (Å²) < 4.78 is 1.72. The van der Waals surface area contributed by atoms with Gasteiger partial charge in [-0.05, 0) is 25.0 Å². The summed E-state index contributed by atoms with van der Waals surface area (Å²) in [6.45, 7) is 0. The lowest BCUT2D eigenvalue weighted by Crippen LogP contribution is -2.13. The number of amides is 1. The molecule has 1 heterocycles. The van der Waals surface area contributed by atoms with Gasteiger partial charge in [0.2, 0.25) is 0 Å². The summed E-state index contributed by atoms with van der Waals surface area (Å²) >= 11 is 1.33. The predicted molar refractivity (Wildman–Crippen MR) is 82.9 cm³/mol. The van der Waals surface area contributed by atoms with Crippen LogP contribution in [0.1, 0.15) is 23.2 Å². The normalized spacial score (nSPS) is 14.9. The third-order valence-corrected chi connectivity index (χ3v) is 4.18. The summed E-state index contributed by atoms with van der Waals surface area (Å²) in [5.74, 6) is -0.487. The maximum Gasteiger partial charge on any atom is 0.293 e. The van der Waals surface area contributed by atoms with Crippen LogP contribution in [0.15, 0.2) is 34.8 Å². The smallest absolute Gasteiger partial charge is 0.293 e. The molecule has 0 spiro atoms. The molecule has 0 bridgehead atoms. The highest BCUT2D eigenvalue weighted by Crippen LogP contribution is 2.31. The van der Waals surface area contributed by atoms with Gasteiger partial charge in [0, 0.05) is 36.3 Å². The average Bonchev–Trinajstić information content (AvgIpc) is 3.21. The zero-order valence-electron chi connectivity index (χ0n) is 11.9. The Hall–Kier alpha value is -2.48. The third-order valence-electron chi connectivity index (χ3n) is 3.34. The number of carbonyl (C=O) groups is 1. The molecule has 0 atom stereocenters. The molecule has 3 rings (SSSR count). The largest absolute Gasteiger partial charge is 0.377 e. The molecular weight excluding hydrogens is 304 g/mol. The van der Waals surface area contributed by atoms with Gasteiger partial charge in [-0.3, -0.25) is 14.9 Å². The van der Waals surface area contributed by atoms with Crippen molar-refractivity contribution in [3.63, 3.8) is 0 Å². The highest BCUT2D eigenvalue weighted by Gasteiger charge is 2.25. The molecule has 7 nitrogen and oxygen atoms in total. The molecule has 1 amide bonds. The van der Waals surface area contributed by atoms with Crippen molar-refractivity contribution in [3.05, 3.63) is 50.3 Å².